The molecule has 0 N–H and O–H groups in total. The van der Waals surface area contributed by atoms with E-state index in [-0.39, 0.29) is 48.8 Å². The highest BCUT2D eigenvalue weighted by atomic mass is 16.5. The molecule has 0 aliphatic carbocycles. The molecule has 1 aromatic carbocycles. The van der Waals surface area contributed by atoms with Gasteiger partial charge in [-0.25, -0.2) is 0 Å². The maximum atomic E-state index is 12.4. The summed E-state index contributed by atoms with van der Waals surface area (Å²) in [5, 5.41) is 0. The van der Waals surface area contributed by atoms with Crippen molar-refractivity contribution in [3.8, 4) is 0 Å². The zero-order valence-corrected chi connectivity index (χ0v) is 17.6. The molecule has 0 bridgehead atoms. The number of carbonyl (C=O) groups excluding carboxylic acids is 2. The van der Waals surface area contributed by atoms with Gasteiger partial charge in [-0.2, -0.15) is 0 Å². The number of hydrogen-bond acceptors (Lipinski definition) is 4. The predicted octanol–water partition coefficient (Wildman–Crippen LogP) is 5.47. The molecule has 0 aliphatic rings. The normalized spacial score (nSPS) is 13.1. The quantitative estimate of drug-likeness (QED) is 0.353. The average Bonchev–Trinajstić information content (AvgIpc) is 2.66. The average molecular weight is 387 g/mol. The summed E-state index contributed by atoms with van der Waals surface area (Å²) in [6.07, 6.45) is 4.67. The summed E-state index contributed by atoms with van der Waals surface area (Å²) in [6.45, 7) is 15.7. The van der Waals surface area contributed by atoms with Crippen molar-refractivity contribution in [2.45, 2.75) is 53.8 Å². The minimum absolute atomic E-state index is 0.160. The number of hydrogen-bond donors (Lipinski definition) is 0. The number of rotatable bonds is 12. The molecule has 0 aliphatic heterocycles. The van der Waals surface area contributed by atoms with Crippen molar-refractivity contribution < 1.29 is 19.1 Å². The van der Waals surface area contributed by atoms with Crippen molar-refractivity contribution in [2.24, 2.45) is 23.7 Å². The Morgan fingerprint density at radius 1 is 0.821 bits per heavy atom. The maximum absolute atomic E-state index is 12.4. The van der Waals surface area contributed by atoms with Gasteiger partial charge in [0, 0.05) is 0 Å². The molecule has 154 valence electrons. The van der Waals surface area contributed by atoms with Gasteiger partial charge in [0.25, 0.3) is 0 Å². The van der Waals surface area contributed by atoms with Gasteiger partial charge in [0.2, 0.25) is 0 Å². The first-order valence-corrected chi connectivity index (χ1v) is 9.93. The van der Waals surface area contributed by atoms with E-state index < -0.39 is 0 Å². The topological polar surface area (TPSA) is 52.6 Å². The molecule has 0 spiro atoms. The molecule has 2 atom stereocenters. The van der Waals surface area contributed by atoms with Crippen LogP contribution in [0, 0.1) is 23.7 Å². The minimum Gasteiger partial charge on any atom is -0.461 e. The van der Waals surface area contributed by atoms with Crippen LogP contribution in [0.3, 0.4) is 0 Å². The Labute approximate surface area is 169 Å². The lowest BCUT2D eigenvalue weighted by Gasteiger charge is -2.20. The van der Waals surface area contributed by atoms with E-state index in [0.717, 1.165) is 11.1 Å². The maximum Gasteiger partial charge on any atom is 0.309 e. The summed E-state index contributed by atoms with van der Waals surface area (Å²) in [5.41, 5.74) is 1.68. The first-order valence-electron chi connectivity index (χ1n) is 9.93. The van der Waals surface area contributed by atoms with E-state index in [9.17, 15) is 9.59 Å². The molecule has 0 saturated carbocycles. The molecule has 0 heterocycles. The predicted molar refractivity (Wildman–Crippen MR) is 112 cm³/mol. The van der Waals surface area contributed by atoms with E-state index >= 15 is 0 Å². The molecule has 0 radical (unpaired) electrons. The van der Waals surface area contributed by atoms with E-state index in [1.165, 1.54) is 0 Å². The first-order chi connectivity index (χ1) is 13.3. The third-order valence-electron chi connectivity index (χ3n) is 4.91. The lowest BCUT2D eigenvalue weighted by Crippen LogP contribution is -2.23. The van der Waals surface area contributed by atoms with Gasteiger partial charge < -0.3 is 9.47 Å². The summed E-state index contributed by atoms with van der Waals surface area (Å²) >= 11 is 0. The Hall–Kier alpha value is -2.36. The monoisotopic (exact) mass is 386 g/mol. The molecule has 0 saturated heterocycles. The summed E-state index contributed by atoms with van der Waals surface area (Å²) in [5.74, 6) is -0.499. The highest BCUT2D eigenvalue weighted by Crippen LogP contribution is 2.21. The first kappa shape index (κ1) is 23.7. The van der Waals surface area contributed by atoms with Crippen molar-refractivity contribution in [1.29, 1.82) is 0 Å². The van der Waals surface area contributed by atoms with E-state index in [0.29, 0.717) is 12.8 Å². The standard InChI is InChI=1S/C24H34O4/c1-7-11-21(17(3)4)23(25)27-15-19-13-9-10-14-20(19)16-28-24(26)22(12-8-2)18(5)6/h7-10,13-14,17-18,21-22H,1-2,11-12,15-16H2,3-6H3. The Bertz CT molecular complexity index is 603. The molecular formula is C24H34O4. The summed E-state index contributed by atoms with van der Waals surface area (Å²) in [4.78, 5) is 24.8. The molecule has 28 heavy (non-hydrogen) atoms. The number of allylic oxidation sites excluding steroid dienone is 2. The second-order valence-corrected chi connectivity index (χ2v) is 7.73. The van der Waals surface area contributed by atoms with Crippen molar-refractivity contribution in [2.75, 3.05) is 0 Å². The van der Waals surface area contributed by atoms with Crippen LogP contribution in [0.25, 0.3) is 0 Å². The largest absolute Gasteiger partial charge is 0.461 e. The van der Waals surface area contributed by atoms with Crippen LogP contribution in [0.1, 0.15) is 51.7 Å². The number of carbonyl (C=O) groups is 2. The smallest absolute Gasteiger partial charge is 0.309 e. The highest BCUT2D eigenvalue weighted by Gasteiger charge is 2.24. The number of esters is 2. The van der Waals surface area contributed by atoms with E-state index in [1.54, 1.807) is 12.2 Å². The number of benzene rings is 1. The summed E-state index contributed by atoms with van der Waals surface area (Å²) < 4.78 is 11.1. The zero-order valence-electron chi connectivity index (χ0n) is 17.6. The van der Waals surface area contributed by atoms with Gasteiger partial charge in [0.05, 0.1) is 11.8 Å². The third-order valence-corrected chi connectivity index (χ3v) is 4.91. The molecule has 4 heteroatoms. The van der Waals surface area contributed by atoms with Crippen LogP contribution in [0.5, 0.6) is 0 Å². The van der Waals surface area contributed by atoms with Gasteiger partial charge in [0.1, 0.15) is 13.2 Å². The van der Waals surface area contributed by atoms with E-state index in [1.807, 2.05) is 52.0 Å². The molecule has 1 rings (SSSR count). The molecule has 0 aromatic heterocycles. The minimum atomic E-state index is -0.229. The summed E-state index contributed by atoms with van der Waals surface area (Å²) in [6, 6.07) is 7.54. The van der Waals surface area contributed by atoms with Gasteiger partial charge in [-0.3, -0.25) is 9.59 Å². The van der Waals surface area contributed by atoms with Gasteiger partial charge in [0.15, 0.2) is 0 Å². The fourth-order valence-corrected chi connectivity index (χ4v) is 2.99. The highest BCUT2D eigenvalue weighted by molar-refractivity contribution is 5.73. The molecule has 4 nitrogen and oxygen atoms in total. The van der Waals surface area contributed by atoms with Crippen LogP contribution in [0.2, 0.25) is 0 Å². The summed E-state index contributed by atoms with van der Waals surface area (Å²) in [7, 11) is 0. The van der Waals surface area contributed by atoms with Crippen molar-refractivity contribution in [3.05, 3.63) is 60.7 Å². The Kier molecular flexibility index (Phi) is 10.3. The van der Waals surface area contributed by atoms with Crippen LogP contribution in [0.15, 0.2) is 49.6 Å². The fraction of sp³-hybridized carbons (Fsp3) is 0.500. The lowest BCUT2D eigenvalue weighted by atomic mass is 9.92. The third kappa shape index (κ3) is 7.34. The Balaban J connectivity index is 2.74. The van der Waals surface area contributed by atoms with E-state index in [2.05, 4.69) is 13.2 Å². The van der Waals surface area contributed by atoms with Crippen molar-refractivity contribution in [3.63, 3.8) is 0 Å². The SMILES string of the molecule is C=CCC(C(=O)OCc1ccccc1COC(=O)C(CC=C)C(C)C)C(C)C. The molecular weight excluding hydrogens is 352 g/mol. The van der Waals surface area contributed by atoms with Gasteiger partial charge in [-0.15, -0.1) is 13.2 Å². The van der Waals surface area contributed by atoms with Crippen LogP contribution in [0.4, 0.5) is 0 Å². The van der Waals surface area contributed by atoms with Gasteiger partial charge >= 0.3 is 11.9 Å². The Morgan fingerprint density at radius 2 is 1.18 bits per heavy atom. The van der Waals surface area contributed by atoms with Crippen LogP contribution >= 0.6 is 0 Å². The van der Waals surface area contributed by atoms with Gasteiger partial charge in [-0.05, 0) is 35.8 Å². The van der Waals surface area contributed by atoms with E-state index in [4.69, 9.17) is 9.47 Å². The Morgan fingerprint density at radius 3 is 1.46 bits per heavy atom. The van der Waals surface area contributed by atoms with Crippen molar-refractivity contribution >= 4 is 11.9 Å². The molecule has 2 unspecified atom stereocenters. The fourth-order valence-electron chi connectivity index (χ4n) is 2.99. The molecule has 0 fully saturated rings. The molecule has 1 aromatic rings. The number of ether oxygens (including phenoxy) is 2. The lowest BCUT2D eigenvalue weighted by molar-refractivity contribution is -0.153. The van der Waals surface area contributed by atoms with Crippen LogP contribution in [-0.4, -0.2) is 11.9 Å². The zero-order chi connectivity index (χ0) is 21.1. The van der Waals surface area contributed by atoms with Gasteiger partial charge in [-0.1, -0.05) is 64.1 Å². The van der Waals surface area contributed by atoms with Crippen LogP contribution in [-0.2, 0) is 32.3 Å². The molecule has 0 amide bonds. The van der Waals surface area contributed by atoms with Crippen LogP contribution < -0.4 is 0 Å². The van der Waals surface area contributed by atoms with Crippen molar-refractivity contribution in [1.82, 2.24) is 0 Å². The second kappa shape index (κ2) is 12.2. The second-order valence-electron chi connectivity index (χ2n) is 7.73.